The molecule has 7 nitrogen and oxygen atoms in total. The first-order valence-corrected chi connectivity index (χ1v) is 11.4. The number of halogens is 3. The second-order valence-corrected chi connectivity index (χ2v) is 9.02. The minimum Gasteiger partial charge on any atom is -0.508 e. The first-order valence-electron chi connectivity index (χ1n) is 11.4. The van der Waals surface area contributed by atoms with E-state index in [0.29, 0.717) is 18.9 Å². The number of hydrogen-bond donors (Lipinski definition) is 2. The number of aromatic nitrogens is 3. The van der Waals surface area contributed by atoms with Gasteiger partial charge in [0.15, 0.2) is 17.5 Å². The van der Waals surface area contributed by atoms with Crippen molar-refractivity contribution in [3.63, 3.8) is 0 Å². The number of rotatable bonds is 3. The van der Waals surface area contributed by atoms with Gasteiger partial charge in [-0.15, -0.1) is 6.42 Å². The number of phenolic OH excluding ortho intramolecular Hbond substituents is 1. The van der Waals surface area contributed by atoms with Crippen LogP contribution in [0.25, 0.3) is 32.9 Å². The van der Waals surface area contributed by atoms with Gasteiger partial charge in [0, 0.05) is 36.1 Å². The molecule has 2 aromatic carbocycles. The average Bonchev–Trinajstić information content (AvgIpc) is 3.22. The molecule has 2 aliphatic rings. The number of methoxy groups -OCH3 is 1. The quantitative estimate of drug-likeness (QED) is 0.421. The molecule has 6 rings (SSSR count). The lowest BCUT2D eigenvalue weighted by molar-refractivity contribution is 0.380. The number of ether oxygens (including phenoxy) is 1. The van der Waals surface area contributed by atoms with Gasteiger partial charge in [0.1, 0.15) is 28.5 Å². The van der Waals surface area contributed by atoms with E-state index in [1.165, 1.54) is 19.2 Å². The second kappa shape index (κ2) is 8.24. The molecule has 2 fully saturated rings. The first kappa shape index (κ1) is 22.4. The summed E-state index contributed by atoms with van der Waals surface area (Å²) in [7, 11) is 1.37. The molecule has 0 amide bonds. The zero-order chi connectivity index (χ0) is 25.1. The van der Waals surface area contributed by atoms with Crippen molar-refractivity contribution in [3.8, 4) is 35.4 Å². The molecule has 2 N–H and O–H groups in total. The average molecular weight is 491 g/mol. The fourth-order valence-electron chi connectivity index (χ4n) is 5.28. The number of anilines is 1. The first-order chi connectivity index (χ1) is 17.4. The van der Waals surface area contributed by atoms with Gasteiger partial charge in [-0.2, -0.15) is 9.97 Å². The molecule has 0 radical (unpaired) electrons. The summed E-state index contributed by atoms with van der Waals surface area (Å²) in [6.07, 6.45) is 7.85. The van der Waals surface area contributed by atoms with Crippen LogP contribution in [0.15, 0.2) is 24.3 Å². The SMILES string of the molecule is C#Cc1nc(-c2cc(O)cc3ccc(F)c(F)c23)c(F)c2nc(OC)nc(N3CC4CCC(C3)N4)c12. The molecule has 4 heterocycles. The molecule has 4 aromatic rings. The molecular formula is C26H20F3N5O2. The number of fused-ring (bicyclic) bond motifs is 4. The van der Waals surface area contributed by atoms with Gasteiger partial charge in [0.05, 0.1) is 12.5 Å². The van der Waals surface area contributed by atoms with Crippen molar-refractivity contribution < 1.29 is 23.0 Å². The van der Waals surface area contributed by atoms with E-state index in [0.717, 1.165) is 25.0 Å². The Bertz CT molecular complexity index is 1590. The van der Waals surface area contributed by atoms with Gasteiger partial charge >= 0.3 is 6.01 Å². The molecule has 0 saturated carbocycles. The van der Waals surface area contributed by atoms with Crippen LogP contribution < -0.4 is 15.0 Å². The molecule has 36 heavy (non-hydrogen) atoms. The predicted molar refractivity (Wildman–Crippen MR) is 128 cm³/mol. The van der Waals surface area contributed by atoms with E-state index in [-0.39, 0.29) is 62.5 Å². The number of terminal acetylenes is 1. The summed E-state index contributed by atoms with van der Waals surface area (Å²) in [6, 6.07) is 5.06. The van der Waals surface area contributed by atoms with Gasteiger partial charge in [-0.3, -0.25) is 0 Å². The highest BCUT2D eigenvalue weighted by Gasteiger charge is 2.35. The number of nitrogens with one attached hydrogen (secondary N) is 1. The maximum Gasteiger partial charge on any atom is 0.318 e. The van der Waals surface area contributed by atoms with Gasteiger partial charge in [-0.1, -0.05) is 6.07 Å². The number of phenols is 1. The van der Waals surface area contributed by atoms with Gasteiger partial charge in [-0.05, 0) is 42.3 Å². The minimum absolute atomic E-state index is 0.0400. The Labute approximate surface area is 203 Å². The summed E-state index contributed by atoms with van der Waals surface area (Å²) < 4.78 is 50.5. The van der Waals surface area contributed by atoms with E-state index in [1.54, 1.807) is 0 Å². The number of pyridine rings is 1. The fraction of sp³-hybridized carbons (Fsp3) is 0.269. The summed E-state index contributed by atoms with van der Waals surface area (Å²) in [4.78, 5) is 15.1. The van der Waals surface area contributed by atoms with Crippen LogP contribution in [0.1, 0.15) is 18.5 Å². The van der Waals surface area contributed by atoms with Crippen LogP contribution in [0, 0.1) is 29.8 Å². The number of aromatic hydroxyl groups is 1. The Kier molecular flexibility index (Phi) is 5.12. The molecule has 2 atom stereocenters. The zero-order valence-electron chi connectivity index (χ0n) is 19.1. The number of nitrogens with zero attached hydrogens (tertiary/aromatic N) is 4. The molecule has 2 unspecified atom stereocenters. The van der Waals surface area contributed by atoms with Crippen molar-refractivity contribution >= 4 is 27.5 Å². The maximum absolute atomic E-state index is 16.2. The molecule has 2 aromatic heterocycles. The van der Waals surface area contributed by atoms with Crippen LogP contribution in [0.2, 0.25) is 0 Å². The van der Waals surface area contributed by atoms with Crippen LogP contribution >= 0.6 is 0 Å². The van der Waals surface area contributed by atoms with Crippen molar-refractivity contribution in [1.82, 2.24) is 20.3 Å². The van der Waals surface area contributed by atoms with Crippen molar-refractivity contribution in [2.75, 3.05) is 25.1 Å². The molecule has 2 bridgehead atoms. The Morgan fingerprint density at radius 2 is 1.81 bits per heavy atom. The van der Waals surface area contributed by atoms with E-state index in [2.05, 4.69) is 26.2 Å². The van der Waals surface area contributed by atoms with Gasteiger partial charge in [0.25, 0.3) is 0 Å². The Morgan fingerprint density at radius 3 is 2.50 bits per heavy atom. The third-order valence-electron chi connectivity index (χ3n) is 6.83. The van der Waals surface area contributed by atoms with Crippen molar-refractivity contribution in [2.24, 2.45) is 0 Å². The van der Waals surface area contributed by atoms with Crippen LogP contribution in [0.3, 0.4) is 0 Å². The highest BCUT2D eigenvalue weighted by molar-refractivity contribution is 6.01. The lowest BCUT2D eigenvalue weighted by Gasteiger charge is -2.34. The smallest absolute Gasteiger partial charge is 0.318 e. The number of piperazine rings is 1. The molecule has 0 spiro atoms. The van der Waals surface area contributed by atoms with Gasteiger partial charge in [0.2, 0.25) is 0 Å². The van der Waals surface area contributed by atoms with Crippen molar-refractivity contribution in [2.45, 2.75) is 24.9 Å². The molecule has 2 saturated heterocycles. The molecule has 0 aliphatic carbocycles. The van der Waals surface area contributed by atoms with Crippen LogP contribution in [0.4, 0.5) is 19.0 Å². The van der Waals surface area contributed by atoms with E-state index >= 15 is 4.39 Å². The molecule has 2 aliphatic heterocycles. The number of benzene rings is 2. The van der Waals surface area contributed by atoms with Crippen molar-refractivity contribution in [1.29, 1.82) is 0 Å². The Hall–Kier alpha value is -4.10. The lowest BCUT2D eigenvalue weighted by atomic mass is 9.98. The van der Waals surface area contributed by atoms with E-state index in [1.807, 2.05) is 4.90 Å². The lowest BCUT2D eigenvalue weighted by Crippen LogP contribution is -2.51. The number of hydrogen-bond acceptors (Lipinski definition) is 7. The van der Waals surface area contributed by atoms with Crippen LogP contribution in [-0.4, -0.2) is 52.3 Å². The molecular weight excluding hydrogens is 471 g/mol. The topological polar surface area (TPSA) is 83.4 Å². The summed E-state index contributed by atoms with van der Waals surface area (Å²) in [5.74, 6) is -0.618. The highest BCUT2D eigenvalue weighted by atomic mass is 19.2. The summed E-state index contributed by atoms with van der Waals surface area (Å²) in [5, 5.41) is 14.0. The van der Waals surface area contributed by atoms with Gasteiger partial charge in [-0.25, -0.2) is 18.2 Å². The maximum atomic E-state index is 16.2. The Morgan fingerprint density at radius 1 is 1.06 bits per heavy atom. The Balaban J connectivity index is 1.66. The van der Waals surface area contributed by atoms with Crippen molar-refractivity contribution in [3.05, 3.63) is 47.4 Å². The molecule has 182 valence electrons. The van der Waals surface area contributed by atoms with E-state index in [9.17, 15) is 13.9 Å². The molecule has 10 heteroatoms. The zero-order valence-corrected chi connectivity index (χ0v) is 19.1. The van der Waals surface area contributed by atoms with Crippen LogP contribution in [0.5, 0.6) is 11.8 Å². The van der Waals surface area contributed by atoms with Gasteiger partial charge < -0.3 is 20.1 Å². The minimum atomic E-state index is -1.19. The third kappa shape index (κ3) is 3.38. The standard InChI is InChI=1S/C26H20F3N5O2/c1-3-18-20-24(32-26(36-2)33-25(20)34-10-13-5-6-14(11-34)30-13)22(29)23(31-18)16-9-15(35)8-12-4-7-17(27)21(28)19(12)16/h1,4,7-9,13-14,30,35H,5-6,10-11H2,2H3. The summed E-state index contributed by atoms with van der Waals surface area (Å²) >= 11 is 0. The van der Waals surface area contributed by atoms with Crippen LogP contribution in [-0.2, 0) is 0 Å². The largest absolute Gasteiger partial charge is 0.508 e. The van der Waals surface area contributed by atoms with E-state index < -0.39 is 17.5 Å². The normalized spacial score (nSPS) is 19.1. The van der Waals surface area contributed by atoms with E-state index in [4.69, 9.17) is 11.2 Å². The predicted octanol–water partition coefficient (Wildman–Crippen LogP) is 3.90. The fourth-order valence-corrected chi connectivity index (χ4v) is 5.28. The summed E-state index contributed by atoms with van der Waals surface area (Å²) in [6.45, 7) is 1.28. The highest BCUT2D eigenvalue weighted by Crippen LogP contribution is 2.40. The summed E-state index contributed by atoms with van der Waals surface area (Å²) in [5.41, 5.74) is -0.641. The second-order valence-electron chi connectivity index (χ2n) is 9.02. The third-order valence-corrected chi connectivity index (χ3v) is 6.83. The monoisotopic (exact) mass is 491 g/mol.